The van der Waals surface area contributed by atoms with E-state index >= 15 is 0 Å². The number of aryl methyl sites for hydroxylation is 2. The maximum Gasteiger partial charge on any atom is 0.320 e. The molecule has 0 saturated heterocycles. The Morgan fingerprint density at radius 3 is 3.04 bits per heavy atom. The monoisotopic (exact) mass is 333 g/mol. The number of likely N-dealkylation sites (N-methyl/N-ethyl adjacent to an activating group) is 1. The van der Waals surface area contributed by atoms with E-state index < -0.39 is 12.0 Å². The summed E-state index contributed by atoms with van der Waals surface area (Å²) in [7, 11) is 1.66. The van der Waals surface area contributed by atoms with Gasteiger partial charge < -0.3 is 15.2 Å². The fourth-order valence-corrected chi connectivity index (χ4v) is 2.97. The quantitative estimate of drug-likeness (QED) is 0.508. The summed E-state index contributed by atoms with van der Waals surface area (Å²) in [5, 5.41) is 11.7. The van der Waals surface area contributed by atoms with Crippen LogP contribution < -0.4 is 5.32 Å². The number of hydrogen-bond acceptors (Lipinski definition) is 4. The molecular weight excluding hydrogens is 304 g/mol. The number of nitrogens with zero attached hydrogens (tertiary/aromatic N) is 1. The molecule has 132 valence electrons. The smallest absolute Gasteiger partial charge is 0.320 e. The van der Waals surface area contributed by atoms with Crippen molar-refractivity contribution in [3.63, 3.8) is 0 Å². The fourth-order valence-electron chi connectivity index (χ4n) is 2.97. The number of fused-ring (bicyclic) bond motifs is 1. The van der Waals surface area contributed by atoms with Gasteiger partial charge in [0, 0.05) is 25.3 Å². The van der Waals surface area contributed by atoms with Gasteiger partial charge in [0.25, 0.3) is 0 Å². The standard InChI is InChI=1S/C19H28N2O3/c1-14(13-24-12-11-18(20-2)19(22)23)7-9-16-10-8-15-5-3-4-6-17(15)21-16/h4,8,10,14,18,20H,3,5-7,9,11-13H2,1-2H3/p+1. The number of pyridine rings is 1. The third-order valence-electron chi connectivity index (χ3n) is 4.57. The molecule has 0 radical (unpaired) electrons. The zero-order valence-electron chi connectivity index (χ0n) is 14.8. The first-order valence-corrected chi connectivity index (χ1v) is 8.87. The molecule has 1 aliphatic rings. The first-order chi connectivity index (χ1) is 11.6. The molecule has 5 nitrogen and oxygen atoms in total. The van der Waals surface area contributed by atoms with Crippen LogP contribution in [0.5, 0.6) is 0 Å². The van der Waals surface area contributed by atoms with Gasteiger partial charge >= 0.3 is 5.97 Å². The average molecular weight is 333 g/mol. The molecule has 0 bridgehead atoms. The van der Waals surface area contributed by atoms with Crippen LogP contribution in [0.1, 0.15) is 43.1 Å². The van der Waals surface area contributed by atoms with E-state index in [2.05, 4.69) is 30.8 Å². The van der Waals surface area contributed by atoms with E-state index in [0.29, 0.717) is 25.6 Å². The van der Waals surface area contributed by atoms with Gasteiger partial charge in [-0.15, -0.1) is 0 Å². The highest BCUT2D eigenvalue weighted by Gasteiger charge is 2.17. The van der Waals surface area contributed by atoms with Crippen LogP contribution in [0.15, 0.2) is 12.1 Å². The molecule has 2 rings (SSSR count). The molecule has 2 unspecified atom stereocenters. The molecule has 0 spiro atoms. The van der Waals surface area contributed by atoms with Crippen LogP contribution in [0.25, 0.3) is 0 Å². The van der Waals surface area contributed by atoms with Crippen molar-refractivity contribution < 1.29 is 14.6 Å². The van der Waals surface area contributed by atoms with Gasteiger partial charge in [-0.25, -0.2) is 0 Å². The summed E-state index contributed by atoms with van der Waals surface area (Å²) < 4.78 is 5.63. The van der Waals surface area contributed by atoms with Gasteiger partial charge in [-0.05, 0) is 43.9 Å². The third-order valence-corrected chi connectivity index (χ3v) is 4.57. The molecular formula is C19H29N2O3+. The molecule has 1 aliphatic carbocycles. The summed E-state index contributed by atoms with van der Waals surface area (Å²) in [6.07, 6.45) is 8.08. The van der Waals surface area contributed by atoms with Gasteiger partial charge in [-0.1, -0.05) is 13.0 Å². The lowest BCUT2D eigenvalue weighted by atomic mass is 9.95. The lowest BCUT2D eigenvalue weighted by Gasteiger charge is -2.15. The van der Waals surface area contributed by atoms with Crippen LogP contribution in [-0.4, -0.2) is 42.4 Å². The minimum absolute atomic E-state index is 0.437. The minimum atomic E-state index is -0.829. The lowest BCUT2D eigenvalue weighted by Crippen LogP contribution is -2.34. The van der Waals surface area contributed by atoms with E-state index in [1.807, 2.05) is 0 Å². The van der Waals surface area contributed by atoms with Crippen molar-refractivity contribution in [1.29, 1.82) is 0 Å². The lowest BCUT2D eigenvalue weighted by molar-refractivity contribution is -0.139. The Morgan fingerprint density at radius 2 is 2.29 bits per heavy atom. The van der Waals surface area contributed by atoms with Crippen LogP contribution in [0.4, 0.5) is 0 Å². The van der Waals surface area contributed by atoms with Crippen molar-refractivity contribution in [2.24, 2.45) is 5.92 Å². The molecule has 24 heavy (non-hydrogen) atoms. The number of nitrogens with one attached hydrogen (secondary N) is 1. The number of rotatable bonds is 10. The van der Waals surface area contributed by atoms with Gasteiger partial charge in [-0.2, -0.15) is 0 Å². The number of aliphatic carboxylic acids is 1. The molecule has 2 N–H and O–H groups in total. The summed E-state index contributed by atoms with van der Waals surface area (Å²) in [4.78, 5) is 15.7. The molecule has 1 heterocycles. The van der Waals surface area contributed by atoms with Gasteiger partial charge in [-0.3, -0.25) is 9.78 Å². The molecule has 0 amide bonds. The topological polar surface area (TPSA) is 71.5 Å². The summed E-state index contributed by atoms with van der Waals surface area (Å²) in [6.45, 7) is 3.29. The van der Waals surface area contributed by atoms with Crippen molar-refractivity contribution in [3.8, 4) is 0 Å². The first-order valence-electron chi connectivity index (χ1n) is 8.87. The maximum absolute atomic E-state index is 10.9. The van der Waals surface area contributed by atoms with Crippen LogP contribution >= 0.6 is 0 Å². The van der Waals surface area contributed by atoms with Crippen LogP contribution in [0, 0.1) is 12.3 Å². The molecule has 1 aromatic rings. The highest BCUT2D eigenvalue weighted by atomic mass is 16.5. The minimum Gasteiger partial charge on any atom is -0.480 e. The fraction of sp³-hybridized carbons (Fsp3) is 0.632. The number of carbonyl (C=O) groups is 1. The van der Waals surface area contributed by atoms with Crippen molar-refractivity contribution in [1.82, 2.24) is 10.3 Å². The second-order valence-electron chi connectivity index (χ2n) is 6.63. The molecule has 5 heteroatoms. The van der Waals surface area contributed by atoms with Gasteiger partial charge in [0.05, 0.1) is 18.5 Å². The van der Waals surface area contributed by atoms with Crippen molar-refractivity contribution in [2.75, 3.05) is 20.3 Å². The van der Waals surface area contributed by atoms with Crippen LogP contribution in [0.2, 0.25) is 0 Å². The van der Waals surface area contributed by atoms with E-state index in [-0.39, 0.29) is 0 Å². The van der Waals surface area contributed by atoms with Crippen molar-refractivity contribution in [3.05, 3.63) is 35.5 Å². The maximum atomic E-state index is 10.9. The Labute approximate surface area is 144 Å². The summed E-state index contributed by atoms with van der Waals surface area (Å²) in [5.41, 5.74) is 3.81. The van der Waals surface area contributed by atoms with Gasteiger partial charge in [0.1, 0.15) is 12.5 Å². The van der Waals surface area contributed by atoms with Crippen LogP contribution in [-0.2, 0) is 28.8 Å². The number of ether oxygens (including phenoxy) is 1. The first kappa shape index (κ1) is 18.7. The molecule has 0 saturated carbocycles. The number of carboxylic acids is 1. The zero-order chi connectivity index (χ0) is 17.4. The van der Waals surface area contributed by atoms with Crippen molar-refractivity contribution in [2.45, 2.75) is 51.5 Å². The van der Waals surface area contributed by atoms with Crippen LogP contribution in [0.3, 0.4) is 0 Å². The number of aromatic nitrogens is 1. The van der Waals surface area contributed by atoms with E-state index in [9.17, 15) is 4.79 Å². The zero-order valence-corrected chi connectivity index (χ0v) is 14.8. The summed E-state index contributed by atoms with van der Waals surface area (Å²) in [6, 6.07) is 3.86. The number of carboxylic acid groups (broad SMARTS) is 1. The molecule has 0 aliphatic heterocycles. The predicted octanol–water partition coefficient (Wildman–Crippen LogP) is 2.42. The summed E-state index contributed by atoms with van der Waals surface area (Å²) >= 11 is 0. The number of hydrogen-bond donors (Lipinski definition) is 2. The third kappa shape index (κ3) is 5.80. The van der Waals surface area contributed by atoms with Gasteiger partial charge in [0.15, 0.2) is 0 Å². The molecule has 0 aromatic carbocycles. The Bertz CT molecular complexity index is 533. The summed E-state index contributed by atoms with van der Waals surface area (Å²) in [5.74, 6) is -0.392. The van der Waals surface area contributed by atoms with E-state index in [1.165, 1.54) is 17.7 Å². The Kier molecular flexibility index (Phi) is 7.53. The second kappa shape index (κ2) is 9.64. The highest BCUT2D eigenvalue weighted by molar-refractivity contribution is 5.73. The Hall–Kier alpha value is -1.59. The van der Waals surface area contributed by atoms with Gasteiger partial charge in [0.2, 0.25) is 0 Å². The van der Waals surface area contributed by atoms with E-state index in [1.54, 1.807) is 7.05 Å². The van der Waals surface area contributed by atoms with Crippen molar-refractivity contribution >= 4 is 5.97 Å². The molecule has 0 fully saturated rings. The Morgan fingerprint density at radius 1 is 1.46 bits per heavy atom. The normalized spacial score (nSPS) is 16.1. The SMILES string of the molecule is CNC(CCOCC(C)CCc1ccc2c(n1)C[CH+]CC2)C(=O)O. The highest BCUT2D eigenvalue weighted by Crippen LogP contribution is 2.20. The predicted molar refractivity (Wildman–Crippen MR) is 94.0 cm³/mol. The van der Waals surface area contributed by atoms with E-state index in [0.717, 1.165) is 31.4 Å². The average Bonchev–Trinajstić information content (AvgIpc) is 2.59. The Balaban J connectivity index is 1.66. The molecule has 2 atom stereocenters. The molecule has 1 aromatic heterocycles. The van der Waals surface area contributed by atoms with E-state index in [4.69, 9.17) is 14.8 Å². The largest absolute Gasteiger partial charge is 0.480 e. The second-order valence-corrected chi connectivity index (χ2v) is 6.63.